The summed E-state index contributed by atoms with van der Waals surface area (Å²) in [5.74, 6) is -1.53. The first kappa shape index (κ1) is 62.3. The number of nitrogens with two attached hydrogens (primary N) is 2. The van der Waals surface area contributed by atoms with E-state index in [1.807, 2.05) is 20.8 Å². The minimum atomic E-state index is -5.29. The molecule has 0 spiro atoms. The number of phosphoric acid groups is 1. The molecule has 0 aromatic carbocycles. The number of aromatic nitrogens is 6. The summed E-state index contributed by atoms with van der Waals surface area (Å²) in [6.07, 6.45) is -9.04. The number of nitrogens with one attached hydrogen (secondary N) is 3. The Morgan fingerprint density at radius 1 is 0.921 bits per heavy atom. The number of aliphatic hydroxyl groups is 1. The van der Waals surface area contributed by atoms with Crippen molar-refractivity contribution in [2.75, 3.05) is 37.0 Å². The molecule has 3 aromatic heterocycles. The van der Waals surface area contributed by atoms with Crippen LogP contribution in [0.4, 0.5) is 21.2 Å². The number of carbonyl (C=O) groups is 4. The average molecular weight is 1160 g/mol. The van der Waals surface area contributed by atoms with Gasteiger partial charge in [-0.25, -0.2) is 29.3 Å². The number of ether oxygens (including phenoxy) is 5. The molecular formula is C42H69N11O19P2S2. The third-order valence-corrected chi connectivity index (χ3v) is 15.3. The van der Waals surface area contributed by atoms with Gasteiger partial charge in [-0.2, -0.15) is 0 Å². The summed E-state index contributed by atoms with van der Waals surface area (Å²) in [5.41, 5.74) is 9.10. The number of hydrogen-bond acceptors (Lipinski definition) is 26. The van der Waals surface area contributed by atoms with Crippen LogP contribution in [0.3, 0.4) is 0 Å². The van der Waals surface area contributed by atoms with Crippen molar-refractivity contribution in [1.29, 1.82) is 0 Å². The van der Waals surface area contributed by atoms with E-state index in [2.05, 4.69) is 35.9 Å². The van der Waals surface area contributed by atoms with E-state index >= 15 is 0 Å². The van der Waals surface area contributed by atoms with E-state index in [1.54, 1.807) is 41.5 Å². The number of alkyl carbamates (subject to hydrolysis) is 2. The normalized spacial score (nSPS) is 23.1. The summed E-state index contributed by atoms with van der Waals surface area (Å²) in [5, 5.41) is 19.8. The summed E-state index contributed by atoms with van der Waals surface area (Å²) in [6.45, 7) is 14.2. The van der Waals surface area contributed by atoms with E-state index in [-0.39, 0.29) is 65.5 Å². The fourth-order valence-electron chi connectivity index (χ4n) is 7.26. The number of esters is 1. The molecule has 3 aromatic rings. The molecule has 3 amide bonds. The van der Waals surface area contributed by atoms with Crippen molar-refractivity contribution < 1.29 is 85.7 Å². The molecule has 34 heteroatoms. The van der Waals surface area contributed by atoms with Gasteiger partial charge >= 0.3 is 202 Å². The Hall–Kier alpha value is -4.53. The SMILES string of the molecule is CC(C)(C)OC(=O)N[C@@H](CSSC(C)(C)C)C(=O)NCCCC[C@H](NC(=O)OC(C)(C)C)C(=O)O[C@H]1[C@@H](O)[C@H](n2cnc3c(N)ncnc32)O[C@@H]1COP(=O)(O)O[C@H]1C[C@H](n2ccc(N)nc2=O)O[C@@H]1CO[PH](O)(O)O. The number of aliphatic hydroxyl groups excluding tert-OH is 1. The Kier molecular flexibility index (Phi) is 21.3. The second-order valence-electron chi connectivity index (χ2n) is 20.4. The maximum absolute atomic E-state index is 14.2. The minimum absolute atomic E-state index is 0.0241. The van der Waals surface area contributed by atoms with Gasteiger partial charge in [-0.05, 0) is 60.8 Å². The van der Waals surface area contributed by atoms with Gasteiger partial charge in [0.2, 0.25) is 5.91 Å². The molecule has 428 valence electrons. The summed E-state index contributed by atoms with van der Waals surface area (Å²) in [4.78, 5) is 122. The van der Waals surface area contributed by atoms with Crippen molar-refractivity contribution in [2.24, 2.45) is 0 Å². The molecule has 30 nitrogen and oxygen atoms in total. The predicted octanol–water partition coefficient (Wildman–Crippen LogP) is 1.86. The van der Waals surface area contributed by atoms with Crippen LogP contribution < -0.4 is 33.1 Å². The molecule has 76 heavy (non-hydrogen) atoms. The van der Waals surface area contributed by atoms with E-state index in [0.717, 1.165) is 10.9 Å². The van der Waals surface area contributed by atoms with Gasteiger partial charge in [0.15, 0.2) is 11.5 Å². The fourth-order valence-corrected chi connectivity index (χ4v) is 11.1. The molecule has 2 aliphatic rings. The number of hydrogen-bond donors (Lipinski definition) is 10. The van der Waals surface area contributed by atoms with Crippen LogP contribution in [-0.4, -0.2) is 162 Å². The molecule has 5 rings (SSSR count). The quantitative estimate of drug-likeness (QED) is 0.0213. The van der Waals surface area contributed by atoms with Crippen molar-refractivity contribution in [3.05, 3.63) is 35.4 Å². The maximum atomic E-state index is 14.2. The van der Waals surface area contributed by atoms with E-state index < -0.39 is 125 Å². The fraction of sp³-hybridized carbons (Fsp3) is 0.690. The number of nitrogen functional groups attached to an aromatic ring is 2. The number of fused-ring (bicyclic) bond motifs is 1. The third kappa shape index (κ3) is 19.4. The molecule has 1 unspecified atom stereocenters. The van der Waals surface area contributed by atoms with Crippen LogP contribution in [0.5, 0.6) is 0 Å². The number of imidazole rings is 1. The summed E-state index contributed by atoms with van der Waals surface area (Å²) < 4.78 is 59.9. The molecule has 2 aliphatic heterocycles. The summed E-state index contributed by atoms with van der Waals surface area (Å²) in [6, 6.07) is -1.15. The van der Waals surface area contributed by atoms with E-state index in [0.29, 0.717) is 0 Å². The van der Waals surface area contributed by atoms with Crippen molar-refractivity contribution >= 4 is 84.4 Å². The Bertz CT molecular complexity index is 2590. The van der Waals surface area contributed by atoms with Crippen LogP contribution in [-0.2, 0) is 51.4 Å². The van der Waals surface area contributed by atoms with Gasteiger partial charge in [-0.1, -0.05) is 42.4 Å². The standard InChI is InChI=1S/C42H69N11O19P2S2/c1-40(2,3)70-38(58)49-22(12-10-11-14-45-34(55)23(19-75-76-42(7,8)9)50-39(59)71-41(4,5)6)36(56)69-31-26(68-35(30(31)54)53-21-48-29-32(44)46-20-47-33(29)53)18-66-74(63,64)72-24-16-28(52-15-13-27(43)51-37(52)57)67-25(24)17-65-73(60,61)62/h13,15,20-26,28,30-31,35,54,60-62,73H,10-12,14,16-19H2,1-9H3,(H,45,55)(H,49,58)(H,50,59)(H,63,64)(H2,43,51,57)(H2,44,46,47)/t22-,23-,24-,25+,26+,28+,30+,31+,35+/m0/s1. The Morgan fingerprint density at radius 3 is 2.20 bits per heavy atom. The van der Waals surface area contributed by atoms with E-state index in [9.17, 15) is 53.2 Å². The number of rotatable bonds is 23. The molecule has 0 saturated carbocycles. The molecule has 2 saturated heterocycles. The van der Waals surface area contributed by atoms with Gasteiger partial charge in [-0.3, -0.25) is 4.79 Å². The van der Waals surface area contributed by atoms with Gasteiger partial charge in [-0.15, -0.1) is 0 Å². The van der Waals surface area contributed by atoms with Gasteiger partial charge in [0.05, 0.1) is 6.33 Å². The number of carbonyl (C=O) groups excluding carboxylic acids is 4. The number of amides is 3. The second-order valence-corrected chi connectivity index (χ2v) is 26.4. The monoisotopic (exact) mass is 1160 g/mol. The van der Waals surface area contributed by atoms with E-state index in [1.165, 1.54) is 44.7 Å². The zero-order chi connectivity index (χ0) is 56.6. The Morgan fingerprint density at radius 2 is 1.58 bits per heavy atom. The molecule has 0 radical (unpaired) electrons. The number of anilines is 2. The number of unbranched alkanes of at least 4 members (excludes halogenated alkanes) is 1. The first-order valence-electron chi connectivity index (χ1n) is 23.7. The van der Waals surface area contributed by atoms with Crippen LogP contribution in [0.2, 0.25) is 0 Å². The number of nitrogens with zero attached hydrogens (tertiary/aromatic N) is 6. The van der Waals surface area contributed by atoms with Crippen LogP contribution in [0.15, 0.2) is 29.7 Å². The molecular weight excluding hydrogens is 1090 g/mol. The summed E-state index contributed by atoms with van der Waals surface area (Å²) in [7, 11) is -7.53. The third-order valence-electron chi connectivity index (χ3n) is 10.4. The predicted molar refractivity (Wildman–Crippen MR) is 276 cm³/mol. The van der Waals surface area contributed by atoms with Gasteiger partial charge in [0.25, 0.3) is 0 Å². The molecule has 10 atom stereocenters. The Balaban J connectivity index is 1.33. The van der Waals surface area contributed by atoms with Crippen LogP contribution >= 0.6 is 37.6 Å². The molecule has 0 bridgehead atoms. The zero-order valence-electron chi connectivity index (χ0n) is 43.2. The van der Waals surface area contributed by atoms with Crippen molar-refractivity contribution in [2.45, 2.75) is 159 Å². The van der Waals surface area contributed by atoms with Crippen LogP contribution in [0, 0.1) is 0 Å². The Labute approximate surface area is 445 Å². The van der Waals surface area contributed by atoms with Crippen molar-refractivity contribution in [3.8, 4) is 0 Å². The topological polar surface area (TPSA) is 427 Å². The van der Waals surface area contributed by atoms with Gasteiger partial charge in [0, 0.05) is 17.0 Å². The van der Waals surface area contributed by atoms with Gasteiger partial charge < -0.3 is 31.2 Å². The molecule has 5 heterocycles. The first-order chi connectivity index (χ1) is 35.2. The average Bonchev–Trinajstić information content (AvgIpc) is 3.97. The second kappa shape index (κ2) is 26.0. The molecule has 0 aliphatic carbocycles. The first-order valence-corrected chi connectivity index (χ1v) is 29.3. The zero-order valence-corrected chi connectivity index (χ0v) is 46.7. The van der Waals surface area contributed by atoms with Crippen molar-refractivity contribution in [1.82, 2.24) is 45.0 Å². The van der Waals surface area contributed by atoms with Crippen LogP contribution in [0.25, 0.3) is 11.2 Å². The van der Waals surface area contributed by atoms with Gasteiger partial charge in [0.1, 0.15) is 35.1 Å². The molecule has 12 N–H and O–H groups in total. The molecule has 2 fully saturated rings. The number of phosphoric ester groups is 1. The summed E-state index contributed by atoms with van der Waals surface area (Å²) >= 11 is 0. The van der Waals surface area contributed by atoms with Crippen LogP contribution in [0.1, 0.15) is 100 Å². The van der Waals surface area contributed by atoms with E-state index in [4.69, 9.17) is 48.7 Å². The van der Waals surface area contributed by atoms with Crippen molar-refractivity contribution in [3.63, 3.8) is 0 Å².